The molecule has 25 heavy (non-hydrogen) atoms. The fraction of sp³-hybridized carbons (Fsp3) is 0.562. The lowest BCUT2D eigenvalue weighted by Gasteiger charge is -2.34. The van der Waals surface area contributed by atoms with Gasteiger partial charge in [-0.3, -0.25) is 9.58 Å². The van der Waals surface area contributed by atoms with Crippen molar-refractivity contribution in [2.75, 3.05) is 31.1 Å². The molecule has 6 nitrogen and oxygen atoms in total. The van der Waals surface area contributed by atoms with Gasteiger partial charge >= 0.3 is 6.18 Å². The van der Waals surface area contributed by atoms with Crippen LogP contribution >= 0.6 is 0 Å². The minimum absolute atomic E-state index is 0.158. The fourth-order valence-electron chi connectivity index (χ4n) is 2.86. The molecule has 9 heteroatoms. The average molecular weight is 354 g/mol. The van der Waals surface area contributed by atoms with Crippen molar-refractivity contribution in [1.29, 1.82) is 0 Å². The van der Waals surface area contributed by atoms with Crippen LogP contribution in [0.25, 0.3) is 0 Å². The predicted molar refractivity (Wildman–Crippen MR) is 87.2 cm³/mol. The molecule has 0 aliphatic carbocycles. The summed E-state index contributed by atoms with van der Waals surface area (Å²) in [6.45, 7) is 7.90. The molecule has 0 radical (unpaired) electrons. The first kappa shape index (κ1) is 17.7. The van der Waals surface area contributed by atoms with Gasteiger partial charge < -0.3 is 4.90 Å². The molecule has 1 fully saturated rings. The highest BCUT2D eigenvalue weighted by molar-refractivity contribution is 5.34. The molecule has 3 rings (SSSR count). The number of hydrogen-bond donors (Lipinski definition) is 0. The smallest absolute Gasteiger partial charge is 0.338 e. The molecule has 0 N–H and O–H groups in total. The third-order valence-corrected chi connectivity index (χ3v) is 4.20. The summed E-state index contributed by atoms with van der Waals surface area (Å²) < 4.78 is 40.7. The Morgan fingerprint density at radius 3 is 2.44 bits per heavy atom. The van der Waals surface area contributed by atoms with E-state index in [2.05, 4.69) is 20.0 Å². The molecule has 1 aliphatic heterocycles. The van der Waals surface area contributed by atoms with Crippen LogP contribution in [0.5, 0.6) is 0 Å². The van der Waals surface area contributed by atoms with E-state index in [-0.39, 0.29) is 5.95 Å². The molecule has 0 aromatic carbocycles. The number of halogens is 3. The standard InChI is InChI=1S/C16H21F3N6/c1-3-25-11-13(9-20-25)10-23-4-6-24(7-5-23)15-21-12(2)8-14(22-15)16(17,18)19/h8-9,11H,3-7,10H2,1-2H3. The van der Waals surface area contributed by atoms with Crippen molar-refractivity contribution in [3.63, 3.8) is 0 Å². The highest BCUT2D eigenvalue weighted by Gasteiger charge is 2.34. The van der Waals surface area contributed by atoms with Crippen LogP contribution in [-0.2, 0) is 19.3 Å². The zero-order valence-electron chi connectivity index (χ0n) is 14.3. The molecule has 0 spiro atoms. The van der Waals surface area contributed by atoms with Gasteiger partial charge in [-0.25, -0.2) is 9.97 Å². The first-order valence-corrected chi connectivity index (χ1v) is 8.26. The number of anilines is 1. The lowest BCUT2D eigenvalue weighted by atomic mass is 10.2. The van der Waals surface area contributed by atoms with Gasteiger partial charge in [0.05, 0.1) is 6.20 Å². The maximum atomic E-state index is 12.9. The largest absolute Gasteiger partial charge is 0.433 e. The lowest BCUT2D eigenvalue weighted by Crippen LogP contribution is -2.46. The Bertz CT molecular complexity index is 719. The van der Waals surface area contributed by atoms with Crippen LogP contribution in [0.2, 0.25) is 0 Å². The maximum absolute atomic E-state index is 12.9. The van der Waals surface area contributed by atoms with Crippen molar-refractivity contribution in [2.24, 2.45) is 0 Å². The number of hydrogen-bond acceptors (Lipinski definition) is 5. The predicted octanol–water partition coefficient (Wildman–Crippen LogP) is 2.34. The molecule has 1 saturated heterocycles. The van der Waals surface area contributed by atoms with Gasteiger partial charge in [0, 0.05) is 56.7 Å². The summed E-state index contributed by atoms with van der Waals surface area (Å²) in [5.41, 5.74) is 0.581. The Hall–Kier alpha value is -2.16. The number of nitrogens with zero attached hydrogens (tertiary/aromatic N) is 6. The van der Waals surface area contributed by atoms with Gasteiger partial charge in [-0.2, -0.15) is 18.3 Å². The molecule has 0 amide bonds. The van der Waals surface area contributed by atoms with Crippen molar-refractivity contribution in [3.8, 4) is 0 Å². The highest BCUT2D eigenvalue weighted by Crippen LogP contribution is 2.29. The zero-order chi connectivity index (χ0) is 18.0. The topological polar surface area (TPSA) is 50.1 Å². The molecule has 1 aliphatic rings. The van der Waals surface area contributed by atoms with Gasteiger partial charge in [0.15, 0.2) is 0 Å². The van der Waals surface area contributed by atoms with Crippen molar-refractivity contribution < 1.29 is 13.2 Å². The van der Waals surface area contributed by atoms with Gasteiger partial charge in [0.2, 0.25) is 5.95 Å². The first-order valence-electron chi connectivity index (χ1n) is 8.26. The number of aryl methyl sites for hydroxylation is 2. The van der Waals surface area contributed by atoms with Crippen molar-refractivity contribution in [3.05, 3.63) is 35.4 Å². The number of aromatic nitrogens is 4. The summed E-state index contributed by atoms with van der Waals surface area (Å²) in [6, 6.07) is 0.977. The van der Waals surface area contributed by atoms with Gasteiger partial charge in [-0.1, -0.05) is 0 Å². The van der Waals surface area contributed by atoms with E-state index < -0.39 is 11.9 Å². The number of rotatable bonds is 4. The van der Waals surface area contributed by atoms with Crippen molar-refractivity contribution in [2.45, 2.75) is 33.1 Å². The molecule has 2 aromatic heterocycles. The van der Waals surface area contributed by atoms with E-state index in [1.807, 2.05) is 28.9 Å². The normalized spacial score (nSPS) is 16.4. The van der Waals surface area contributed by atoms with Crippen LogP contribution in [0.15, 0.2) is 18.5 Å². The Balaban J connectivity index is 1.63. The Labute approximate surface area is 144 Å². The van der Waals surface area contributed by atoms with E-state index in [0.29, 0.717) is 18.8 Å². The van der Waals surface area contributed by atoms with Gasteiger partial charge in [-0.15, -0.1) is 0 Å². The third-order valence-electron chi connectivity index (χ3n) is 4.20. The summed E-state index contributed by atoms with van der Waals surface area (Å²) in [7, 11) is 0. The van der Waals surface area contributed by atoms with Crippen LogP contribution < -0.4 is 4.90 Å². The van der Waals surface area contributed by atoms with E-state index in [0.717, 1.165) is 37.8 Å². The molecule has 2 aromatic rings. The van der Waals surface area contributed by atoms with E-state index >= 15 is 0 Å². The van der Waals surface area contributed by atoms with Gasteiger partial charge in [0.1, 0.15) is 5.69 Å². The second-order valence-corrected chi connectivity index (χ2v) is 6.16. The Morgan fingerprint density at radius 2 is 1.84 bits per heavy atom. The van der Waals surface area contributed by atoms with Crippen LogP contribution in [0.3, 0.4) is 0 Å². The highest BCUT2D eigenvalue weighted by atomic mass is 19.4. The minimum atomic E-state index is -4.45. The average Bonchev–Trinajstić information content (AvgIpc) is 3.02. The van der Waals surface area contributed by atoms with Crippen LogP contribution in [-0.4, -0.2) is 50.8 Å². The summed E-state index contributed by atoms with van der Waals surface area (Å²) in [6.07, 6.45) is -0.579. The Kier molecular flexibility index (Phi) is 4.94. The first-order chi connectivity index (χ1) is 11.8. The second kappa shape index (κ2) is 6.99. The molecular formula is C16H21F3N6. The molecule has 0 bridgehead atoms. The summed E-state index contributed by atoms with van der Waals surface area (Å²) in [5.74, 6) is 0.158. The Morgan fingerprint density at radius 1 is 1.12 bits per heavy atom. The summed E-state index contributed by atoms with van der Waals surface area (Å²) >= 11 is 0. The van der Waals surface area contributed by atoms with Crippen LogP contribution in [0.1, 0.15) is 23.9 Å². The van der Waals surface area contributed by atoms with E-state index in [9.17, 15) is 13.2 Å². The van der Waals surface area contributed by atoms with Gasteiger partial charge in [0.25, 0.3) is 0 Å². The van der Waals surface area contributed by atoms with E-state index in [1.54, 1.807) is 6.92 Å². The monoisotopic (exact) mass is 354 g/mol. The zero-order valence-corrected chi connectivity index (χ0v) is 14.3. The molecule has 0 atom stereocenters. The quantitative estimate of drug-likeness (QED) is 0.844. The molecule has 0 saturated carbocycles. The molecular weight excluding hydrogens is 333 g/mol. The minimum Gasteiger partial charge on any atom is -0.338 e. The van der Waals surface area contributed by atoms with Crippen molar-refractivity contribution in [1.82, 2.24) is 24.6 Å². The maximum Gasteiger partial charge on any atom is 0.433 e. The lowest BCUT2D eigenvalue weighted by molar-refractivity contribution is -0.141. The number of piperazine rings is 1. The van der Waals surface area contributed by atoms with Crippen molar-refractivity contribution >= 4 is 5.95 Å². The SMILES string of the molecule is CCn1cc(CN2CCN(c3nc(C)cc(C(F)(F)F)n3)CC2)cn1. The van der Waals surface area contributed by atoms with E-state index in [4.69, 9.17) is 0 Å². The van der Waals surface area contributed by atoms with Gasteiger partial charge in [-0.05, 0) is 19.9 Å². The number of alkyl halides is 3. The van der Waals surface area contributed by atoms with E-state index in [1.165, 1.54) is 0 Å². The molecule has 136 valence electrons. The summed E-state index contributed by atoms with van der Waals surface area (Å²) in [5, 5.41) is 4.26. The molecule has 0 unspecified atom stereocenters. The second-order valence-electron chi connectivity index (χ2n) is 6.16. The fourth-order valence-corrected chi connectivity index (χ4v) is 2.86. The summed E-state index contributed by atoms with van der Waals surface area (Å²) in [4.78, 5) is 12.0. The molecule has 3 heterocycles. The van der Waals surface area contributed by atoms with Crippen LogP contribution in [0.4, 0.5) is 19.1 Å². The van der Waals surface area contributed by atoms with Crippen LogP contribution in [0, 0.1) is 6.92 Å². The third kappa shape index (κ3) is 4.28.